The van der Waals surface area contributed by atoms with Crippen LogP contribution >= 0.6 is 11.8 Å². The molecule has 0 saturated carbocycles. The Hall–Kier alpha value is -2.02. The van der Waals surface area contributed by atoms with E-state index in [0.717, 1.165) is 37.9 Å². The van der Waals surface area contributed by atoms with Crippen molar-refractivity contribution in [2.45, 2.75) is 32.2 Å². The van der Waals surface area contributed by atoms with Gasteiger partial charge < -0.3 is 10.2 Å². The van der Waals surface area contributed by atoms with Crippen LogP contribution in [0.2, 0.25) is 0 Å². The van der Waals surface area contributed by atoms with Gasteiger partial charge in [-0.15, -0.1) is 0 Å². The highest BCUT2D eigenvalue weighted by Crippen LogP contribution is 2.24. The molecule has 1 saturated heterocycles. The van der Waals surface area contributed by atoms with Gasteiger partial charge in [0.1, 0.15) is 12.7 Å². The number of nitrogens with one attached hydrogen (secondary N) is 1. The van der Waals surface area contributed by atoms with Gasteiger partial charge in [0.15, 0.2) is 5.96 Å². The molecule has 2 heterocycles. The highest BCUT2D eigenvalue weighted by Gasteiger charge is 2.24. The minimum Gasteiger partial charge on any atom is -0.352 e. The highest BCUT2D eigenvalue weighted by atomic mass is 32.2. The van der Waals surface area contributed by atoms with E-state index in [1.165, 1.54) is 11.1 Å². The molecule has 0 radical (unpaired) electrons. The van der Waals surface area contributed by atoms with Gasteiger partial charge in [-0.05, 0) is 17.0 Å². The van der Waals surface area contributed by atoms with Crippen LogP contribution in [0.4, 0.5) is 0 Å². The van der Waals surface area contributed by atoms with Crippen molar-refractivity contribution in [2.24, 2.45) is 10.9 Å². The maximum Gasteiger partial charge on any atom is 0.193 e. The second-order valence-corrected chi connectivity index (χ2v) is 8.26. The average Bonchev–Trinajstić information content (AvgIpc) is 3.16. The minimum atomic E-state index is 0.674. The van der Waals surface area contributed by atoms with E-state index in [4.69, 9.17) is 0 Å². The van der Waals surface area contributed by atoms with Crippen LogP contribution in [0.25, 0.3) is 0 Å². The van der Waals surface area contributed by atoms with Crippen molar-refractivity contribution in [3.8, 4) is 0 Å². The van der Waals surface area contributed by atoms with Crippen LogP contribution in [0.15, 0.2) is 41.9 Å². The Labute approximate surface area is 160 Å². The molecule has 1 fully saturated rings. The lowest BCUT2D eigenvalue weighted by Gasteiger charge is -2.36. The molecule has 1 N–H and O–H groups in total. The monoisotopic (exact) mass is 372 g/mol. The second kappa shape index (κ2) is 9.07. The van der Waals surface area contributed by atoms with Crippen LogP contribution in [0.3, 0.4) is 0 Å². The van der Waals surface area contributed by atoms with Crippen molar-refractivity contribution in [3.05, 3.63) is 48.0 Å². The summed E-state index contributed by atoms with van der Waals surface area (Å²) >= 11 is 2.08. The van der Waals surface area contributed by atoms with Crippen LogP contribution < -0.4 is 5.32 Å². The summed E-state index contributed by atoms with van der Waals surface area (Å²) in [6.45, 7) is 8.24. The highest BCUT2D eigenvalue weighted by molar-refractivity contribution is 8.00. The van der Waals surface area contributed by atoms with Gasteiger partial charge in [0.05, 0.1) is 6.54 Å². The Kier molecular flexibility index (Phi) is 6.55. The molecule has 1 unspecified atom stereocenters. The van der Waals surface area contributed by atoms with Gasteiger partial charge in [-0.1, -0.05) is 38.1 Å². The zero-order valence-corrected chi connectivity index (χ0v) is 16.6. The third-order valence-electron chi connectivity index (χ3n) is 4.60. The fourth-order valence-corrected chi connectivity index (χ4v) is 4.42. The van der Waals surface area contributed by atoms with E-state index in [-0.39, 0.29) is 0 Å². The summed E-state index contributed by atoms with van der Waals surface area (Å²) in [6, 6.07) is 8.58. The number of aromatic nitrogens is 3. The number of rotatable bonds is 5. The molecule has 140 valence electrons. The van der Waals surface area contributed by atoms with E-state index < -0.39 is 0 Å². The van der Waals surface area contributed by atoms with Crippen LogP contribution in [0.5, 0.6) is 0 Å². The predicted octanol–water partition coefficient (Wildman–Crippen LogP) is 2.48. The average molecular weight is 373 g/mol. The first-order chi connectivity index (χ1) is 12.7. The summed E-state index contributed by atoms with van der Waals surface area (Å²) in [5.74, 6) is 2.85. The van der Waals surface area contributed by atoms with Gasteiger partial charge in [-0.2, -0.15) is 16.9 Å². The molecule has 3 rings (SSSR count). The van der Waals surface area contributed by atoms with Gasteiger partial charge in [-0.25, -0.2) is 9.67 Å². The summed E-state index contributed by atoms with van der Waals surface area (Å²) in [7, 11) is 1.87. The summed E-state index contributed by atoms with van der Waals surface area (Å²) in [5.41, 5.74) is 2.47. The van der Waals surface area contributed by atoms with Gasteiger partial charge in [0.25, 0.3) is 0 Å². The molecule has 26 heavy (non-hydrogen) atoms. The Bertz CT molecular complexity index is 713. The quantitative estimate of drug-likeness (QED) is 0.645. The minimum absolute atomic E-state index is 0.674. The molecular formula is C19H28N6S. The SMILES string of the molecule is CN=C(NCc1cccc(Cn2cncn2)c1)N1CCSC(C(C)C)C1. The van der Waals surface area contributed by atoms with Crippen molar-refractivity contribution < 1.29 is 0 Å². The first-order valence-corrected chi connectivity index (χ1v) is 10.2. The van der Waals surface area contributed by atoms with Crippen LogP contribution in [0.1, 0.15) is 25.0 Å². The molecule has 7 heteroatoms. The fraction of sp³-hybridized carbons (Fsp3) is 0.526. The number of hydrogen-bond donors (Lipinski definition) is 1. The lowest BCUT2D eigenvalue weighted by Crippen LogP contribution is -2.48. The van der Waals surface area contributed by atoms with Crippen molar-refractivity contribution in [1.29, 1.82) is 0 Å². The molecule has 1 atom stereocenters. The van der Waals surface area contributed by atoms with Gasteiger partial charge in [0, 0.05) is 37.7 Å². The van der Waals surface area contributed by atoms with Crippen molar-refractivity contribution in [3.63, 3.8) is 0 Å². The lowest BCUT2D eigenvalue weighted by atomic mass is 10.1. The predicted molar refractivity (Wildman–Crippen MR) is 108 cm³/mol. The largest absolute Gasteiger partial charge is 0.352 e. The molecule has 1 aromatic heterocycles. The van der Waals surface area contributed by atoms with E-state index in [2.05, 4.69) is 75.2 Å². The summed E-state index contributed by atoms with van der Waals surface area (Å²) in [6.07, 6.45) is 3.31. The Morgan fingerprint density at radius 2 is 2.23 bits per heavy atom. The molecule has 0 aliphatic carbocycles. The first-order valence-electron chi connectivity index (χ1n) is 9.13. The maximum atomic E-state index is 4.50. The number of benzene rings is 1. The Balaban J connectivity index is 1.58. The zero-order chi connectivity index (χ0) is 18.4. The van der Waals surface area contributed by atoms with Crippen LogP contribution in [-0.2, 0) is 13.1 Å². The second-order valence-electron chi connectivity index (χ2n) is 6.91. The van der Waals surface area contributed by atoms with Gasteiger partial charge in [-0.3, -0.25) is 4.99 Å². The smallest absolute Gasteiger partial charge is 0.193 e. The molecule has 6 nitrogen and oxygen atoms in total. The maximum absolute atomic E-state index is 4.50. The summed E-state index contributed by atoms with van der Waals surface area (Å²) in [4.78, 5) is 10.9. The number of nitrogens with zero attached hydrogens (tertiary/aromatic N) is 5. The van der Waals surface area contributed by atoms with E-state index in [1.807, 2.05) is 11.7 Å². The van der Waals surface area contributed by atoms with Crippen molar-refractivity contribution in [1.82, 2.24) is 25.0 Å². The number of hydrogen-bond acceptors (Lipinski definition) is 4. The number of aliphatic imine (C=N–C) groups is 1. The standard InChI is InChI=1S/C19H28N6S/c1-15(2)18-12-24(7-8-26-18)19(20-3)22-10-16-5-4-6-17(9-16)11-25-14-21-13-23-25/h4-6,9,13-15,18H,7-8,10-12H2,1-3H3,(H,20,22). The van der Waals surface area contributed by atoms with E-state index in [9.17, 15) is 0 Å². The molecule has 2 aromatic rings. The fourth-order valence-electron chi connectivity index (χ4n) is 3.12. The molecular weight excluding hydrogens is 344 g/mol. The van der Waals surface area contributed by atoms with E-state index in [1.54, 1.807) is 12.7 Å². The zero-order valence-electron chi connectivity index (χ0n) is 15.8. The van der Waals surface area contributed by atoms with E-state index in [0.29, 0.717) is 11.2 Å². The third-order valence-corrected chi connectivity index (χ3v) is 6.14. The first kappa shape index (κ1) is 18.8. The topological polar surface area (TPSA) is 58.3 Å². The molecule has 1 aromatic carbocycles. The molecule has 1 aliphatic rings. The normalized spacial score (nSPS) is 18.4. The third kappa shape index (κ3) is 5.00. The Morgan fingerprint density at radius 1 is 1.38 bits per heavy atom. The number of thioether (sulfide) groups is 1. The molecule has 0 amide bonds. The lowest BCUT2D eigenvalue weighted by molar-refractivity contribution is 0.380. The molecule has 0 bridgehead atoms. The Morgan fingerprint density at radius 3 is 2.96 bits per heavy atom. The molecule has 0 spiro atoms. The van der Waals surface area contributed by atoms with Crippen LogP contribution in [-0.4, -0.2) is 56.8 Å². The molecule has 1 aliphatic heterocycles. The number of guanidine groups is 1. The van der Waals surface area contributed by atoms with Gasteiger partial charge in [0.2, 0.25) is 0 Å². The summed E-state index contributed by atoms with van der Waals surface area (Å²) in [5, 5.41) is 8.38. The summed E-state index contributed by atoms with van der Waals surface area (Å²) < 4.78 is 1.84. The van der Waals surface area contributed by atoms with Crippen molar-refractivity contribution >= 4 is 17.7 Å². The van der Waals surface area contributed by atoms with Gasteiger partial charge >= 0.3 is 0 Å². The van der Waals surface area contributed by atoms with Crippen molar-refractivity contribution in [2.75, 3.05) is 25.9 Å². The van der Waals surface area contributed by atoms with Crippen LogP contribution in [0, 0.1) is 5.92 Å². The van der Waals surface area contributed by atoms with E-state index >= 15 is 0 Å².